The number of aromatic nitrogens is 1. The Morgan fingerprint density at radius 3 is 2.73 bits per heavy atom. The molecular formula is C27H29FN8O3S2. The fourth-order valence-corrected chi connectivity index (χ4v) is 5.36. The summed E-state index contributed by atoms with van der Waals surface area (Å²) in [5.74, 6) is 0.715. The first-order valence-corrected chi connectivity index (χ1v) is 13.9. The molecule has 1 saturated heterocycles. The molecule has 3 heterocycles. The molecule has 3 aromatic rings. The van der Waals surface area contributed by atoms with Crippen LogP contribution < -0.4 is 16.4 Å². The van der Waals surface area contributed by atoms with Gasteiger partial charge in [-0.3, -0.25) is 25.2 Å². The highest BCUT2D eigenvalue weighted by atomic mass is 32.2. The minimum atomic E-state index is -0.524. The number of anilines is 1. The monoisotopic (exact) mass is 596 g/mol. The first-order valence-electron chi connectivity index (χ1n) is 12.3. The molecule has 1 unspecified atom stereocenters. The van der Waals surface area contributed by atoms with E-state index in [2.05, 4.69) is 20.6 Å². The third-order valence-corrected chi connectivity index (χ3v) is 7.77. The number of pyridine rings is 1. The van der Waals surface area contributed by atoms with Gasteiger partial charge in [0.15, 0.2) is 12.6 Å². The van der Waals surface area contributed by atoms with Crippen LogP contribution in [0, 0.1) is 16.6 Å². The lowest BCUT2D eigenvalue weighted by atomic mass is 10.2. The number of likely N-dealkylation sites (tertiary alicyclic amines) is 1. The fourth-order valence-electron chi connectivity index (χ4n) is 3.79. The maximum atomic E-state index is 13.1. The van der Waals surface area contributed by atoms with Gasteiger partial charge in [-0.1, -0.05) is 12.1 Å². The third kappa shape index (κ3) is 8.53. The summed E-state index contributed by atoms with van der Waals surface area (Å²) in [6.45, 7) is 0.462. The predicted molar refractivity (Wildman–Crippen MR) is 162 cm³/mol. The van der Waals surface area contributed by atoms with Crippen molar-refractivity contribution in [3.63, 3.8) is 0 Å². The van der Waals surface area contributed by atoms with Crippen LogP contribution in [0.5, 0.6) is 0 Å². The van der Waals surface area contributed by atoms with Gasteiger partial charge in [-0.05, 0) is 42.4 Å². The van der Waals surface area contributed by atoms with Gasteiger partial charge in [-0.15, -0.1) is 11.3 Å². The normalized spacial score (nSPS) is 15.7. The number of amidine groups is 1. The summed E-state index contributed by atoms with van der Waals surface area (Å²) >= 11 is 2.22. The van der Waals surface area contributed by atoms with E-state index in [9.17, 15) is 18.8 Å². The first kappa shape index (κ1) is 31.1. The van der Waals surface area contributed by atoms with E-state index in [1.807, 2.05) is 24.1 Å². The molecule has 6 N–H and O–H groups in total. The Balaban J connectivity index is 0.000000278. The summed E-state index contributed by atoms with van der Waals surface area (Å²) in [5.41, 5.74) is 6.20. The molecule has 2 aromatic heterocycles. The predicted octanol–water partition coefficient (Wildman–Crippen LogP) is 3.31. The molecule has 214 valence electrons. The lowest BCUT2D eigenvalue weighted by molar-refractivity contribution is -0.124. The quantitative estimate of drug-likeness (QED) is 0.114. The molecule has 0 spiro atoms. The van der Waals surface area contributed by atoms with Gasteiger partial charge >= 0.3 is 0 Å². The minimum absolute atomic E-state index is 0.0361. The van der Waals surface area contributed by atoms with Crippen LogP contribution in [-0.2, 0) is 20.9 Å². The van der Waals surface area contributed by atoms with Crippen molar-refractivity contribution in [2.45, 2.75) is 25.4 Å². The van der Waals surface area contributed by atoms with Crippen LogP contribution >= 0.6 is 23.1 Å². The number of thioether (sulfide) groups is 1. The van der Waals surface area contributed by atoms with Crippen molar-refractivity contribution in [1.29, 1.82) is 10.8 Å². The van der Waals surface area contributed by atoms with Crippen LogP contribution in [0.25, 0.3) is 10.1 Å². The average Bonchev–Trinajstić information content (AvgIpc) is 3.55. The van der Waals surface area contributed by atoms with Crippen molar-refractivity contribution < 1.29 is 18.8 Å². The zero-order valence-corrected chi connectivity index (χ0v) is 23.9. The van der Waals surface area contributed by atoms with Crippen LogP contribution in [0.15, 0.2) is 59.5 Å². The van der Waals surface area contributed by atoms with E-state index in [1.54, 1.807) is 30.6 Å². The molecule has 1 aliphatic rings. The number of aliphatic imine (C=N–C) groups is 1. The van der Waals surface area contributed by atoms with Crippen LogP contribution in [-0.4, -0.2) is 64.4 Å². The molecule has 4 rings (SSSR count). The number of hydrogen-bond donors (Lipinski definition) is 5. The van der Waals surface area contributed by atoms with Gasteiger partial charge in [-0.25, -0.2) is 14.4 Å². The minimum Gasteiger partial charge on any atom is -0.384 e. The van der Waals surface area contributed by atoms with E-state index in [1.165, 1.54) is 24.4 Å². The summed E-state index contributed by atoms with van der Waals surface area (Å²) in [7, 11) is 3.51. The maximum Gasteiger partial charge on any atom is 0.243 e. The number of halogens is 1. The van der Waals surface area contributed by atoms with Gasteiger partial charge in [-0.2, -0.15) is 0 Å². The molecular weight excluding hydrogens is 567 g/mol. The van der Waals surface area contributed by atoms with E-state index in [0.29, 0.717) is 55.2 Å². The molecule has 1 amide bonds. The SMILES string of the molecule is CN/C(C=O)=C/N=C1CCC(C(=O)NCc2cc3cnc(N)cc3s2)N1C.N=C(C=O)SC(=N)c1ccccc1F. The standard InChI is InChI=1S/C18H22N6O2S.C9H7FN2OS/c1-20-12(10-25)8-22-17-4-3-14(24(17)2)18(26)23-9-13-5-11-7-21-16(19)6-15(11)27-13;10-7-4-2-1-3-6(7)9(12)14-8(11)5-13/h5-8,10,14,20H,3-4,9H2,1-2H3,(H2,19,21)(H,23,26);1-5,11-12H/b12-8+,22-17?;. The second-order valence-electron chi connectivity index (χ2n) is 8.63. The second-order valence-corrected chi connectivity index (χ2v) is 10.9. The topological polar surface area (TPSA) is 177 Å². The number of rotatable bonds is 8. The van der Waals surface area contributed by atoms with Crippen molar-refractivity contribution in [2.24, 2.45) is 4.99 Å². The number of carbonyl (C=O) groups excluding carboxylic acids is 3. The van der Waals surface area contributed by atoms with Gasteiger partial charge in [0.25, 0.3) is 0 Å². The van der Waals surface area contributed by atoms with Crippen LogP contribution in [0.3, 0.4) is 0 Å². The summed E-state index contributed by atoms with van der Waals surface area (Å²) in [6, 6.07) is 9.36. The van der Waals surface area contributed by atoms with Gasteiger partial charge in [0.2, 0.25) is 5.91 Å². The number of amides is 1. The lowest BCUT2D eigenvalue weighted by Crippen LogP contribution is -2.42. The van der Waals surface area contributed by atoms with Crippen LogP contribution in [0.2, 0.25) is 0 Å². The number of nitrogens with one attached hydrogen (secondary N) is 4. The molecule has 1 aliphatic heterocycles. The average molecular weight is 597 g/mol. The van der Waals surface area contributed by atoms with Crippen molar-refractivity contribution >= 4 is 73.4 Å². The van der Waals surface area contributed by atoms with Crippen molar-refractivity contribution in [3.8, 4) is 0 Å². The number of allylic oxidation sites excluding steroid dienone is 1. The number of thiophene rings is 1. The highest BCUT2D eigenvalue weighted by Gasteiger charge is 2.31. The summed E-state index contributed by atoms with van der Waals surface area (Å²) < 4.78 is 14.1. The van der Waals surface area contributed by atoms with E-state index in [-0.39, 0.29) is 27.6 Å². The molecule has 0 aliphatic carbocycles. The van der Waals surface area contributed by atoms with E-state index >= 15 is 0 Å². The van der Waals surface area contributed by atoms with Crippen LogP contribution in [0.4, 0.5) is 10.2 Å². The molecule has 1 fully saturated rings. The first-order chi connectivity index (χ1) is 19.7. The smallest absolute Gasteiger partial charge is 0.243 e. The molecule has 11 nitrogen and oxygen atoms in total. The molecule has 1 aromatic carbocycles. The Labute approximate surface area is 244 Å². The molecule has 0 saturated carbocycles. The summed E-state index contributed by atoms with van der Waals surface area (Å²) in [6.07, 6.45) is 5.63. The number of nitrogens with zero attached hydrogens (tertiary/aromatic N) is 3. The number of nitrogen functional groups attached to an aromatic ring is 1. The van der Waals surface area contributed by atoms with Gasteiger partial charge in [0, 0.05) is 47.2 Å². The molecule has 1 atom stereocenters. The largest absolute Gasteiger partial charge is 0.384 e. The maximum absolute atomic E-state index is 13.1. The Bertz CT molecular complexity index is 1520. The summed E-state index contributed by atoms with van der Waals surface area (Å²) in [5, 5.41) is 20.8. The Hall–Kier alpha value is -4.43. The van der Waals surface area contributed by atoms with Crippen LogP contribution in [0.1, 0.15) is 23.3 Å². The Morgan fingerprint density at radius 2 is 2.05 bits per heavy atom. The highest BCUT2D eigenvalue weighted by Crippen LogP contribution is 2.26. The second kappa shape index (κ2) is 14.8. The molecule has 41 heavy (non-hydrogen) atoms. The zero-order chi connectivity index (χ0) is 29.9. The highest BCUT2D eigenvalue weighted by molar-refractivity contribution is 8.28. The Kier molecular flexibility index (Phi) is 11.2. The Morgan fingerprint density at radius 1 is 1.29 bits per heavy atom. The number of nitrogens with two attached hydrogens (primary N) is 1. The van der Waals surface area contributed by atoms with E-state index in [4.69, 9.17) is 16.6 Å². The number of likely N-dealkylation sites (N-methyl/N-ethyl adjacent to an activating group) is 2. The third-order valence-electron chi connectivity index (χ3n) is 5.94. The fraction of sp³-hybridized carbons (Fsp3) is 0.222. The van der Waals surface area contributed by atoms with E-state index in [0.717, 1.165) is 20.8 Å². The number of carbonyl (C=O) groups is 3. The number of hydrogen-bond acceptors (Lipinski definition) is 11. The molecule has 14 heteroatoms. The molecule has 0 bridgehead atoms. The number of aldehydes is 2. The van der Waals surface area contributed by atoms with Gasteiger partial charge in [0.1, 0.15) is 33.6 Å². The van der Waals surface area contributed by atoms with Crippen molar-refractivity contribution in [2.75, 3.05) is 19.8 Å². The van der Waals surface area contributed by atoms with Crippen molar-refractivity contribution in [3.05, 3.63) is 70.7 Å². The van der Waals surface area contributed by atoms with Gasteiger partial charge < -0.3 is 21.3 Å². The summed E-state index contributed by atoms with van der Waals surface area (Å²) in [4.78, 5) is 44.8. The number of fused-ring (bicyclic) bond motifs is 1. The van der Waals surface area contributed by atoms with Gasteiger partial charge in [0.05, 0.1) is 18.4 Å². The van der Waals surface area contributed by atoms with Crippen molar-refractivity contribution in [1.82, 2.24) is 20.5 Å². The zero-order valence-electron chi connectivity index (χ0n) is 22.3. The van der Waals surface area contributed by atoms with E-state index < -0.39 is 5.82 Å². The lowest BCUT2D eigenvalue weighted by Gasteiger charge is -2.21. The molecule has 0 radical (unpaired) electrons. The number of benzene rings is 1.